The normalized spacial score (nSPS) is 16.5. The van der Waals surface area contributed by atoms with Crippen LogP contribution in [0.5, 0.6) is 0 Å². The van der Waals surface area contributed by atoms with Gasteiger partial charge < -0.3 is 15.5 Å². The fraction of sp³-hybridized carbons (Fsp3) is 0.235. The summed E-state index contributed by atoms with van der Waals surface area (Å²) in [6.07, 6.45) is 1.07. The van der Waals surface area contributed by atoms with Crippen molar-refractivity contribution in [2.45, 2.75) is 18.9 Å². The second-order valence-electron chi connectivity index (χ2n) is 5.66. The van der Waals surface area contributed by atoms with Crippen molar-refractivity contribution >= 4 is 58.1 Å². The van der Waals surface area contributed by atoms with Gasteiger partial charge >= 0.3 is 11.9 Å². The molecule has 1 fully saturated rings. The summed E-state index contributed by atoms with van der Waals surface area (Å²) in [5.74, 6) is -3.27. The lowest BCUT2D eigenvalue weighted by atomic mass is 10.1. The average Bonchev–Trinajstić information content (AvgIpc) is 2.85. The van der Waals surface area contributed by atoms with Crippen LogP contribution in [0.3, 0.4) is 0 Å². The van der Waals surface area contributed by atoms with Crippen molar-refractivity contribution in [3.8, 4) is 0 Å². The van der Waals surface area contributed by atoms with E-state index in [1.807, 2.05) is 0 Å². The van der Waals surface area contributed by atoms with Gasteiger partial charge in [-0.15, -0.1) is 0 Å². The summed E-state index contributed by atoms with van der Waals surface area (Å²) >= 11 is 6.24. The number of carbonyl (C=O) groups excluding carboxylic acids is 2. The van der Waals surface area contributed by atoms with E-state index in [2.05, 4.69) is 5.32 Å². The van der Waals surface area contributed by atoms with E-state index in [9.17, 15) is 19.2 Å². The first-order chi connectivity index (χ1) is 12.7. The number of thiocarbonyl (C=S) groups is 1. The Balaban J connectivity index is 2.06. The fourth-order valence-electron chi connectivity index (χ4n) is 2.19. The maximum absolute atomic E-state index is 12.2. The Morgan fingerprint density at radius 2 is 1.89 bits per heavy atom. The lowest BCUT2D eigenvalue weighted by Gasteiger charge is -2.13. The van der Waals surface area contributed by atoms with Gasteiger partial charge in [-0.25, -0.2) is 4.79 Å². The summed E-state index contributed by atoms with van der Waals surface area (Å²) < 4.78 is 0.461. The maximum atomic E-state index is 12.2. The van der Waals surface area contributed by atoms with Crippen molar-refractivity contribution in [2.24, 2.45) is 0 Å². The smallest absolute Gasteiger partial charge is 0.326 e. The van der Waals surface area contributed by atoms with Crippen LogP contribution in [-0.2, 0) is 14.4 Å². The molecule has 142 valence electrons. The van der Waals surface area contributed by atoms with Gasteiger partial charge in [-0.1, -0.05) is 36.1 Å². The van der Waals surface area contributed by atoms with E-state index in [-0.39, 0.29) is 24.3 Å². The molecule has 1 aromatic carbocycles. The Kier molecular flexibility index (Phi) is 6.70. The number of carboxylic acid groups (broad SMARTS) is 2. The van der Waals surface area contributed by atoms with Crippen LogP contribution in [-0.4, -0.2) is 56.3 Å². The van der Waals surface area contributed by atoms with Crippen molar-refractivity contribution in [2.75, 3.05) is 7.05 Å². The molecule has 2 amide bonds. The average molecular weight is 408 g/mol. The zero-order valence-corrected chi connectivity index (χ0v) is 15.8. The van der Waals surface area contributed by atoms with E-state index < -0.39 is 23.9 Å². The molecule has 1 aromatic rings. The van der Waals surface area contributed by atoms with E-state index in [4.69, 9.17) is 22.4 Å². The van der Waals surface area contributed by atoms with Crippen LogP contribution in [0.4, 0.5) is 0 Å². The number of hydrogen-bond donors (Lipinski definition) is 3. The highest BCUT2D eigenvalue weighted by Crippen LogP contribution is 2.31. The van der Waals surface area contributed by atoms with Gasteiger partial charge in [-0.3, -0.25) is 19.3 Å². The van der Waals surface area contributed by atoms with Gasteiger partial charge in [0.2, 0.25) is 0 Å². The molecule has 1 aliphatic heterocycles. The first-order valence-electron chi connectivity index (χ1n) is 7.76. The number of carbonyl (C=O) groups is 4. The molecule has 0 saturated carbocycles. The van der Waals surface area contributed by atoms with Gasteiger partial charge in [0.15, 0.2) is 0 Å². The molecule has 0 radical (unpaired) electrons. The summed E-state index contributed by atoms with van der Waals surface area (Å²) in [7, 11) is 1.59. The summed E-state index contributed by atoms with van der Waals surface area (Å²) in [6.45, 7) is 0. The number of nitrogens with zero attached hydrogens (tertiary/aromatic N) is 1. The second-order valence-corrected chi connectivity index (χ2v) is 7.34. The number of carboxylic acids is 2. The molecule has 27 heavy (non-hydrogen) atoms. The van der Waals surface area contributed by atoms with Crippen molar-refractivity contribution in [1.82, 2.24) is 10.2 Å². The number of aliphatic carboxylic acids is 2. The Morgan fingerprint density at radius 3 is 2.37 bits per heavy atom. The molecule has 0 bridgehead atoms. The number of amides is 2. The van der Waals surface area contributed by atoms with Crippen molar-refractivity contribution < 1.29 is 29.4 Å². The minimum absolute atomic E-state index is 0.199. The number of hydrogen-bond acceptors (Lipinski definition) is 6. The lowest BCUT2D eigenvalue weighted by Crippen LogP contribution is -2.41. The molecule has 2 rings (SSSR count). The van der Waals surface area contributed by atoms with E-state index >= 15 is 0 Å². The summed E-state index contributed by atoms with van der Waals surface area (Å²) in [5, 5.41) is 20.0. The van der Waals surface area contributed by atoms with Crippen LogP contribution in [0.2, 0.25) is 0 Å². The Hall–Kier alpha value is -2.72. The number of nitrogens with one attached hydrogen (secondary N) is 1. The van der Waals surface area contributed by atoms with E-state index in [0.717, 1.165) is 0 Å². The zero-order chi connectivity index (χ0) is 20.1. The number of rotatable bonds is 7. The summed E-state index contributed by atoms with van der Waals surface area (Å²) in [5.41, 5.74) is 0.901. The molecule has 8 nitrogen and oxygen atoms in total. The molecular weight excluding hydrogens is 392 g/mol. The highest BCUT2D eigenvalue weighted by atomic mass is 32.2. The van der Waals surface area contributed by atoms with Crippen molar-refractivity contribution in [3.63, 3.8) is 0 Å². The van der Waals surface area contributed by atoms with E-state index in [1.165, 1.54) is 28.8 Å². The summed E-state index contributed by atoms with van der Waals surface area (Å²) in [4.78, 5) is 47.7. The minimum atomic E-state index is -1.30. The van der Waals surface area contributed by atoms with Gasteiger partial charge in [0.05, 0.1) is 4.91 Å². The molecule has 1 atom stereocenters. The third kappa shape index (κ3) is 5.38. The molecule has 1 aliphatic rings. The predicted octanol–water partition coefficient (Wildman–Crippen LogP) is 1.57. The molecule has 10 heteroatoms. The highest BCUT2D eigenvalue weighted by molar-refractivity contribution is 8.26. The molecule has 1 unspecified atom stereocenters. The van der Waals surface area contributed by atoms with Crippen molar-refractivity contribution in [3.05, 3.63) is 40.3 Å². The third-order valence-electron chi connectivity index (χ3n) is 3.71. The summed E-state index contributed by atoms with van der Waals surface area (Å²) in [6, 6.07) is 4.92. The Bertz CT molecular complexity index is 834. The predicted molar refractivity (Wildman–Crippen MR) is 103 cm³/mol. The monoisotopic (exact) mass is 408 g/mol. The largest absolute Gasteiger partial charge is 0.481 e. The van der Waals surface area contributed by atoms with Gasteiger partial charge in [-0.2, -0.15) is 0 Å². The number of thioether (sulfide) groups is 1. The van der Waals surface area contributed by atoms with Crippen LogP contribution < -0.4 is 5.32 Å². The van der Waals surface area contributed by atoms with Gasteiger partial charge in [-0.05, 0) is 30.2 Å². The maximum Gasteiger partial charge on any atom is 0.326 e. The standard InChI is InChI=1S/C17H16N2O6S2/c1-19-15(23)12(27-17(19)26)8-9-2-4-10(5-3-9)14(22)18-11(16(24)25)6-7-13(20)21/h2-5,8,11H,6-7H2,1H3,(H,18,22)(H,20,21)(H,24,25). The van der Waals surface area contributed by atoms with Crippen LogP contribution in [0.25, 0.3) is 6.08 Å². The van der Waals surface area contributed by atoms with Gasteiger partial charge in [0.25, 0.3) is 11.8 Å². The topological polar surface area (TPSA) is 124 Å². The SMILES string of the molecule is CN1C(=O)C(=Cc2ccc(C(=O)NC(CCC(=O)O)C(=O)O)cc2)SC1=S. The Labute approximate surface area is 164 Å². The minimum Gasteiger partial charge on any atom is -0.481 e. The third-order valence-corrected chi connectivity index (χ3v) is 5.19. The molecule has 0 spiro atoms. The van der Waals surface area contributed by atoms with Crippen LogP contribution in [0.1, 0.15) is 28.8 Å². The van der Waals surface area contributed by atoms with Crippen molar-refractivity contribution in [1.29, 1.82) is 0 Å². The second kappa shape index (κ2) is 8.78. The van der Waals surface area contributed by atoms with Crippen LogP contribution in [0, 0.1) is 0 Å². The zero-order valence-electron chi connectivity index (χ0n) is 14.2. The molecule has 0 aliphatic carbocycles. The fourth-order valence-corrected chi connectivity index (χ4v) is 3.37. The highest BCUT2D eigenvalue weighted by Gasteiger charge is 2.28. The first-order valence-corrected chi connectivity index (χ1v) is 8.98. The first kappa shape index (κ1) is 20.6. The van der Waals surface area contributed by atoms with Gasteiger partial charge in [0, 0.05) is 19.0 Å². The van der Waals surface area contributed by atoms with E-state index in [0.29, 0.717) is 14.8 Å². The molecular formula is C17H16N2O6S2. The molecule has 0 aromatic heterocycles. The number of likely N-dealkylation sites (N-methyl/N-ethyl adjacent to an activating group) is 1. The van der Waals surface area contributed by atoms with Crippen LogP contribution >= 0.6 is 24.0 Å². The quantitative estimate of drug-likeness (QED) is 0.459. The molecule has 3 N–H and O–H groups in total. The number of benzene rings is 1. The van der Waals surface area contributed by atoms with Crippen LogP contribution in [0.15, 0.2) is 29.2 Å². The van der Waals surface area contributed by atoms with E-state index in [1.54, 1.807) is 25.3 Å². The molecule has 1 heterocycles. The molecule has 1 saturated heterocycles. The lowest BCUT2D eigenvalue weighted by molar-refractivity contribution is -0.140. The Morgan fingerprint density at radius 1 is 1.26 bits per heavy atom. The van der Waals surface area contributed by atoms with Gasteiger partial charge in [0.1, 0.15) is 10.4 Å².